The maximum atomic E-state index is 9.36. The summed E-state index contributed by atoms with van der Waals surface area (Å²) >= 11 is 0. The summed E-state index contributed by atoms with van der Waals surface area (Å²) in [7, 11) is 0. The molecule has 0 spiro atoms. The molecule has 104 valence electrons. The Hall–Kier alpha value is -2.60. The van der Waals surface area contributed by atoms with E-state index >= 15 is 0 Å². The Bertz CT molecular complexity index is 659. The van der Waals surface area contributed by atoms with Crippen LogP contribution in [0.4, 0.5) is 0 Å². The number of aliphatic imine (C=N–C) groups is 1. The lowest BCUT2D eigenvalue weighted by Gasteiger charge is -2.08. The Labute approximate surface area is 124 Å². The van der Waals surface area contributed by atoms with Crippen molar-refractivity contribution in [3.8, 4) is 6.07 Å². The highest BCUT2D eigenvalue weighted by Gasteiger charge is 2.23. The molecule has 3 nitrogen and oxygen atoms in total. The number of ether oxygens (including phenoxy) is 1. The second-order valence-electron chi connectivity index (χ2n) is 5.06. The minimum Gasteiger partial charge on any atom is -0.478 e. The zero-order chi connectivity index (χ0) is 14.5. The SMILES string of the molecule is N#C[C@H](CC1=N[C@H](c2ccccc2)CO1)c1ccccc1. The van der Waals surface area contributed by atoms with E-state index in [0.29, 0.717) is 18.9 Å². The summed E-state index contributed by atoms with van der Waals surface area (Å²) in [6.45, 7) is 0.562. The summed E-state index contributed by atoms with van der Waals surface area (Å²) in [4.78, 5) is 4.61. The molecule has 1 aliphatic heterocycles. The van der Waals surface area contributed by atoms with E-state index in [4.69, 9.17) is 4.74 Å². The van der Waals surface area contributed by atoms with E-state index in [2.05, 4.69) is 23.2 Å². The Balaban J connectivity index is 1.72. The van der Waals surface area contributed by atoms with Gasteiger partial charge in [0, 0.05) is 6.42 Å². The number of nitrogens with zero attached hydrogens (tertiary/aromatic N) is 2. The summed E-state index contributed by atoms with van der Waals surface area (Å²) in [6.07, 6.45) is 0.532. The van der Waals surface area contributed by atoms with Crippen molar-refractivity contribution >= 4 is 5.90 Å². The standard InChI is InChI=1S/C18H16N2O/c19-12-16(14-7-3-1-4-8-14)11-18-20-17(13-21-18)15-9-5-2-6-10-15/h1-10,16-17H,11,13H2/t16-,17-/m0/s1. The van der Waals surface area contributed by atoms with Crippen LogP contribution < -0.4 is 0 Å². The van der Waals surface area contributed by atoms with Gasteiger partial charge in [-0.05, 0) is 11.1 Å². The van der Waals surface area contributed by atoms with Gasteiger partial charge in [0.15, 0.2) is 5.90 Å². The Morgan fingerprint density at radius 1 is 1.10 bits per heavy atom. The van der Waals surface area contributed by atoms with Gasteiger partial charge >= 0.3 is 0 Å². The topological polar surface area (TPSA) is 45.4 Å². The van der Waals surface area contributed by atoms with Crippen molar-refractivity contribution in [1.29, 1.82) is 5.26 Å². The average molecular weight is 276 g/mol. The highest BCUT2D eigenvalue weighted by atomic mass is 16.5. The fourth-order valence-corrected chi connectivity index (χ4v) is 2.48. The van der Waals surface area contributed by atoms with Crippen molar-refractivity contribution in [3.05, 3.63) is 71.8 Å². The van der Waals surface area contributed by atoms with Crippen LogP contribution in [0.2, 0.25) is 0 Å². The van der Waals surface area contributed by atoms with Crippen LogP contribution in [0.5, 0.6) is 0 Å². The molecular formula is C18H16N2O. The number of hydrogen-bond donors (Lipinski definition) is 0. The van der Waals surface area contributed by atoms with E-state index < -0.39 is 0 Å². The van der Waals surface area contributed by atoms with Gasteiger partial charge in [-0.25, -0.2) is 4.99 Å². The monoisotopic (exact) mass is 276 g/mol. The molecule has 1 aliphatic rings. The third kappa shape index (κ3) is 3.11. The second kappa shape index (κ2) is 6.23. The Morgan fingerprint density at radius 2 is 1.76 bits per heavy atom. The highest BCUT2D eigenvalue weighted by Crippen LogP contribution is 2.27. The number of hydrogen-bond acceptors (Lipinski definition) is 3. The normalized spacial score (nSPS) is 18.4. The lowest BCUT2D eigenvalue weighted by Crippen LogP contribution is -2.06. The fraction of sp³-hybridized carbons (Fsp3) is 0.222. The van der Waals surface area contributed by atoms with Crippen molar-refractivity contribution in [3.63, 3.8) is 0 Å². The molecule has 0 N–H and O–H groups in total. The molecule has 0 fully saturated rings. The maximum Gasteiger partial charge on any atom is 0.185 e. The smallest absolute Gasteiger partial charge is 0.185 e. The Morgan fingerprint density at radius 3 is 2.43 bits per heavy atom. The van der Waals surface area contributed by atoms with Gasteiger partial charge in [-0.15, -0.1) is 0 Å². The predicted octanol–water partition coefficient (Wildman–Crippen LogP) is 3.85. The van der Waals surface area contributed by atoms with Crippen molar-refractivity contribution in [2.45, 2.75) is 18.4 Å². The highest BCUT2D eigenvalue weighted by molar-refractivity contribution is 5.79. The van der Waals surface area contributed by atoms with Crippen LogP contribution in [0.15, 0.2) is 65.7 Å². The van der Waals surface area contributed by atoms with E-state index in [0.717, 1.165) is 11.1 Å². The average Bonchev–Trinajstić information content (AvgIpc) is 3.03. The molecule has 1 heterocycles. The second-order valence-corrected chi connectivity index (χ2v) is 5.06. The van der Waals surface area contributed by atoms with Crippen LogP contribution >= 0.6 is 0 Å². The van der Waals surface area contributed by atoms with Crippen LogP contribution in [0, 0.1) is 11.3 Å². The molecule has 2 aromatic rings. The van der Waals surface area contributed by atoms with Crippen molar-refractivity contribution < 1.29 is 4.74 Å². The lowest BCUT2D eigenvalue weighted by molar-refractivity contribution is 0.310. The van der Waals surface area contributed by atoms with E-state index in [-0.39, 0.29) is 12.0 Å². The first-order valence-corrected chi connectivity index (χ1v) is 7.06. The molecule has 3 rings (SSSR count). The molecule has 3 heteroatoms. The van der Waals surface area contributed by atoms with Gasteiger partial charge in [0.2, 0.25) is 0 Å². The molecular weight excluding hydrogens is 260 g/mol. The van der Waals surface area contributed by atoms with E-state index in [9.17, 15) is 5.26 Å². The third-order valence-electron chi connectivity index (χ3n) is 3.63. The summed E-state index contributed by atoms with van der Waals surface area (Å²) in [6, 6.07) is 22.3. The Kier molecular flexibility index (Phi) is 3.97. The zero-order valence-corrected chi connectivity index (χ0v) is 11.6. The predicted molar refractivity (Wildman–Crippen MR) is 82.0 cm³/mol. The van der Waals surface area contributed by atoms with E-state index in [1.807, 2.05) is 48.5 Å². The first kappa shape index (κ1) is 13.4. The zero-order valence-electron chi connectivity index (χ0n) is 11.6. The molecule has 21 heavy (non-hydrogen) atoms. The van der Waals surface area contributed by atoms with Crippen LogP contribution in [-0.2, 0) is 4.74 Å². The molecule has 0 aromatic heterocycles. The van der Waals surface area contributed by atoms with E-state index in [1.165, 1.54) is 0 Å². The van der Waals surface area contributed by atoms with Crippen LogP contribution in [0.3, 0.4) is 0 Å². The summed E-state index contributed by atoms with van der Waals surface area (Å²) in [5.41, 5.74) is 2.16. The summed E-state index contributed by atoms with van der Waals surface area (Å²) < 4.78 is 5.67. The van der Waals surface area contributed by atoms with Gasteiger partial charge in [-0.3, -0.25) is 0 Å². The maximum absolute atomic E-state index is 9.36. The van der Waals surface area contributed by atoms with Gasteiger partial charge in [-0.1, -0.05) is 60.7 Å². The molecule has 0 amide bonds. The molecule has 2 atom stereocenters. The summed E-state index contributed by atoms with van der Waals surface area (Å²) in [5, 5.41) is 9.36. The molecule has 0 bridgehead atoms. The van der Waals surface area contributed by atoms with Crippen molar-refractivity contribution in [2.24, 2.45) is 4.99 Å². The summed E-state index contributed by atoms with van der Waals surface area (Å²) in [5.74, 6) is 0.471. The molecule has 2 aromatic carbocycles. The van der Waals surface area contributed by atoms with Crippen molar-refractivity contribution in [2.75, 3.05) is 6.61 Å². The number of nitriles is 1. The first-order valence-electron chi connectivity index (χ1n) is 7.06. The molecule has 0 saturated carbocycles. The molecule has 0 saturated heterocycles. The van der Waals surface area contributed by atoms with E-state index in [1.54, 1.807) is 0 Å². The van der Waals surface area contributed by atoms with Gasteiger partial charge in [-0.2, -0.15) is 5.26 Å². The van der Waals surface area contributed by atoms with Gasteiger partial charge in [0.05, 0.1) is 12.0 Å². The third-order valence-corrected chi connectivity index (χ3v) is 3.63. The quantitative estimate of drug-likeness (QED) is 0.851. The van der Waals surface area contributed by atoms with Crippen LogP contribution in [0.25, 0.3) is 0 Å². The molecule has 0 aliphatic carbocycles. The molecule has 0 unspecified atom stereocenters. The fourth-order valence-electron chi connectivity index (χ4n) is 2.48. The number of benzene rings is 2. The van der Waals surface area contributed by atoms with Crippen LogP contribution in [-0.4, -0.2) is 12.5 Å². The van der Waals surface area contributed by atoms with Gasteiger partial charge in [0.1, 0.15) is 12.6 Å². The minimum atomic E-state index is -0.209. The largest absolute Gasteiger partial charge is 0.478 e. The van der Waals surface area contributed by atoms with Gasteiger partial charge < -0.3 is 4.74 Å². The van der Waals surface area contributed by atoms with Gasteiger partial charge in [0.25, 0.3) is 0 Å². The lowest BCUT2D eigenvalue weighted by atomic mass is 9.97. The minimum absolute atomic E-state index is 0.0521. The number of rotatable bonds is 4. The van der Waals surface area contributed by atoms with Crippen molar-refractivity contribution in [1.82, 2.24) is 0 Å². The van der Waals surface area contributed by atoms with Crippen LogP contribution in [0.1, 0.15) is 29.5 Å². The molecule has 0 radical (unpaired) electrons. The first-order chi connectivity index (χ1) is 10.4.